The van der Waals surface area contributed by atoms with E-state index in [0.717, 1.165) is 18.7 Å². The summed E-state index contributed by atoms with van der Waals surface area (Å²) < 4.78 is 32.7. The molecule has 4 rings (SSSR count). The van der Waals surface area contributed by atoms with Crippen LogP contribution in [0.15, 0.2) is 47.4 Å². The average molecular weight is 416 g/mol. The monoisotopic (exact) mass is 415 g/mol. The Morgan fingerprint density at radius 1 is 1.10 bits per heavy atom. The highest BCUT2D eigenvalue weighted by Crippen LogP contribution is 2.28. The second-order valence-electron chi connectivity index (χ2n) is 7.35. The maximum Gasteiger partial charge on any atom is 0.243 e. The highest BCUT2D eigenvalue weighted by Gasteiger charge is 2.28. The molecule has 29 heavy (non-hydrogen) atoms. The third kappa shape index (κ3) is 4.14. The molecule has 1 saturated heterocycles. The number of carbonyl (C=O) groups excluding carboxylic acids is 1. The third-order valence-corrected chi connectivity index (χ3v) is 7.42. The summed E-state index contributed by atoms with van der Waals surface area (Å²) in [5.41, 5.74) is 3.47. The highest BCUT2D eigenvalue weighted by molar-refractivity contribution is 7.89. The molecule has 0 radical (unpaired) electrons. The maximum atomic E-state index is 13.0. The van der Waals surface area contributed by atoms with Crippen LogP contribution in [0.5, 0.6) is 0 Å². The molecule has 2 aliphatic heterocycles. The van der Waals surface area contributed by atoms with E-state index in [9.17, 15) is 13.2 Å². The molecule has 0 saturated carbocycles. The van der Waals surface area contributed by atoms with Crippen molar-refractivity contribution in [3.8, 4) is 0 Å². The number of aryl methyl sites for hydroxylation is 1. The van der Waals surface area contributed by atoms with Crippen molar-refractivity contribution in [2.75, 3.05) is 49.6 Å². The highest BCUT2D eigenvalue weighted by atomic mass is 32.2. The molecule has 1 fully saturated rings. The number of morpholine rings is 1. The fourth-order valence-corrected chi connectivity index (χ4v) is 5.49. The Labute approximate surface area is 171 Å². The van der Waals surface area contributed by atoms with Gasteiger partial charge in [-0.15, -0.1) is 0 Å². The van der Waals surface area contributed by atoms with E-state index in [1.807, 2.05) is 23.1 Å². The van der Waals surface area contributed by atoms with Gasteiger partial charge in [-0.05, 0) is 42.7 Å². The van der Waals surface area contributed by atoms with Crippen LogP contribution >= 0.6 is 0 Å². The Balaban J connectivity index is 1.48. The van der Waals surface area contributed by atoms with Crippen LogP contribution < -0.4 is 10.2 Å². The number of sulfonamides is 1. The summed E-state index contributed by atoms with van der Waals surface area (Å²) in [7, 11) is -3.62. The molecule has 0 atom stereocenters. The van der Waals surface area contributed by atoms with Crippen molar-refractivity contribution in [2.45, 2.75) is 18.2 Å². The Morgan fingerprint density at radius 3 is 2.66 bits per heavy atom. The van der Waals surface area contributed by atoms with E-state index < -0.39 is 10.0 Å². The first-order valence-electron chi connectivity index (χ1n) is 9.76. The van der Waals surface area contributed by atoms with Crippen LogP contribution in [0.2, 0.25) is 0 Å². The first-order valence-corrected chi connectivity index (χ1v) is 11.2. The van der Waals surface area contributed by atoms with Crippen molar-refractivity contribution in [3.63, 3.8) is 0 Å². The number of hydrogen-bond acceptors (Lipinski definition) is 5. The largest absolute Gasteiger partial charge is 0.379 e. The van der Waals surface area contributed by atoms with Gasteiger partial charge >= 0.3 is 0 Å². The molecule has 2 heterocycles. The Kier molecular flexibility index (Phi) is 5.58. The zero-order valence-electron chi connectivity index (χ0n) is 16.4. The molecule has 1 amide bonds. The second-order valence-corrected chi connectivity index (χ2v) is 9.25. The molecule has 0 aromatic heterocycles. The van der Waals surface area contributed by atoms with Gasteiger partial charge in [0.15, 0.2) is 0 Å². The van der Waals surface area contributed by atoms with Gasteiger partial charge in [0.1, 0.15) is 0 Å². The lowest BCUT2D eigenvalue weighted by Gasteiger charge is -2.27. The molecule has 0 spiro atoms. The predicted octanol–water partition coefficient (Wildman–Crippen LogP) is 2.02. The number of fused-ring (bicyclic) bond motifs is 1. The fourth-order valence-electron chi connectivity index (χ4n) is 3.83. The summed E-state index contributed by atoms with van der Waals surface area (Å²) in [6.07, 6.45) is 0.927. The number of nitrogens with zero attached hydrogens (tertiary/aromatic N) is 2. The van der Waals surface area contributed by atoms with E-state index in [-0.39, 0.29) is 17.3 Å². The predicted molar refractivity (Wildman–Crippen MR) is 112 cm³/mol. The third-order valence-electron chi connectivity index (χ3n) is 5.38. The minimum absolute atomic E-state index is 0.166. The molecular weight excluding hydrogens is 390 g/mol. The molecule has 154 valence electrons. The Bertz CT molecular complexity index is 1020. The molecular formula is C21H25N3O4S. The fraction of sp³-hybridized carbons (Fsp3) is 0.381. The number of carbonyl (C=O) groups is 1. The average Bonchev–Trinajstić information content (AvgIpc) is 3.13. The zero-order chi connectivity index (χ0) is 20.4. The van der Waals surface area contributed by atoms with Gasteiger partial charge in [0.05, 0.1) is 24.7 Å². The van der Waals surface area contributed by atoms with Gasteiger partial charge in [0, 0.05) is 31.0 Å². The van der Waals surface area contributed by atoms with Crippen molar-refractivity contribution in [1.82, 2.24) is 4.31 Å². The SMILES string of the molecule is Cc1ccc(NC(=O)CN2CCc3ccccc32)cc1S(=O)(=O)N1CCOCC1. The number of benzene rings is 2. The van der Waals surface area contributed by atoms with Gasteiger partial charge in [-0.3, -0.25) is 4.79 Å². The standard InChI is InChI=1S/C21H25N3O4S/c1-16-6-7-18(14-20(16)29(26,27)24-10-12-28-13-11-24)22-21(25)15-23-9-8-17-4-2-3-5-19(17)23/h2-7,14H,8-13,15H2,1H3,(H,22,25). The van der Waals surface area contributed by atoms with Gasteiger partial charge in [0.25, 0.3) is 0 Å². The molecule has 2 aliphatic rings. The van der Waals surface area contributed by atoms with Crippen LogP contribution in [0.25, 0.3) is 0 Å². The Hall–Kier alpha value is -2.42. The van der Waals surface area contributed by atoms with E-state index in [0.29, 0.717) is 37.6 Å². The van der Waals surface area contributed by atoms with E-state index in [1.54, 1.807) is 25.1 Å². The second kappa shape index (κ2) is 8.14. The van der Waals surface area contributed by atoms with Crippen molar-refractivity contribution >= 4 is 27.3 Å². The van der Waals surface area contributed by atoms with Crippen LogP contribution in [0, 0.1) is 6.92 Å². The van der Waals surface area contributed by atoms with Gasteiger partial charge < -0.3 is 15.0 Å². The quantitative estimate of drug-likeness (QED) is 0.808. The number of anilines is 2. The van der Waals surface area contributed by atoms with Crippen molar-refractivity contribution in [1.29, 1.82) is 0 Å². The van der Waals surface area contributed by atoms with Crippen molar-refractivity contribution < 1.29 is 17.9 Å². The summed E-state index contributed by atoms with van der Waals surface area (Å²) in [5, 5.41) is 2.85. The lowest BCUT2D eigenvalue weighted by atomic mass is 10.2. The number of hydrogen-bond donors (Lipinski definition) is 1. The first kappa shape index (κ1) is 19.9. The van der Waals surface area contributed by atoms with Crippen molar-refractivity contribution in [2.24, 2.45) is 0 Å². The topological polar surface area (TPSA) is 79.0 Å². The van der Waals surface area contributed by atoms with Crippen LogP contribution in [-0.2, 0) is 26.0 Å². The molecule has 2 aromatic carbocycles. The number of ether oxygens (including phenoxy) is 1. The van der Waals surface area contributed by atoms with Crippen molar-refractivity contribution in [3.05, 3.63) is 53.6 Å². The number of amides is 1. The zero-order valence-corrected chi connectivity index (χ0v) is 17.2. The van der Waals surface area contributed by atoms with E-state index in [2.05, 4.69) is 11.4 Å². The molecule has 7 nitrogen and oxygen atoms in total. The maximum absolute atomic E-state index is 13.0. The number of rotatable bonds is 5. The van der Waals surface area contributed by atoms with Gasteiger partial charge in [-0.2, -0.15) is 4.31 Å². The normalized spacial score (nSPS) is 17.2. The van der Waals surface area contributed by atoms with Crippen LogP contribution in [0.4, 0.5) is 11.4 Å². The lowest BCUT2D eigenvalue weighted by molar-refractivity contribution is -0.115. The summed E-state index contributed by atoms with van der Waals surface area (Å²) in [6.45, 7) is 4.27. The Morgan fingerprint density at radius 2 is 1.86 bits per heavy atom. The van der Waals surface area contributed by atoms with Gasteiger partial charge in [-0.1, -0.05) is 24.3 Å². The van der Waals surface area contributed by atoms with Crippen LogP contribution in [0.3, 0.4) is 0 Å². The molecule has 0 aliphatic carbocycles. The molecule has 2 aromatic rings. The molecule has 8 heteroatoms. The molecule has 0 unspecified atom stereocenters. The summed E-state index contributed by atoms with van der Waals surface area (Å²) in [4.78, 5) is 14.9. The first-order chi connectivity index (χ1) is 13.9. The summed E-state index contributed by atoms with van der Waals surface area (Å²) in [6, 6.07) is 13.1. The number of para-hydroxylation sites is 1. The van der Waals surface area contributed by atoms with Crippen LogP contribution in [0.1, 0.15) is 11.1 Å². The number of nitrogens with one attached hydrogen (secondary N) is 1. The lowest BCUT2D eigenvalue weighted by Crippen LogP contribution is -2.40. The van der Waals surface area contributed by atoms with E-state index in [1.165, 1.54) is 9.87 Å². The molecule has 1 N–H and O–H groups in total. The summed E-state index contributed by atoms with van der Waals surface area (Å²) >= 11 is 0. The van der Waals surface area contributed by atoms with Gasteiger partial charge in [0.2, 0.25) is 15.9 Å². The molecule has 0 bridgehead atoms. The van der Waals surface area contributed by atoms with E-state index >= 15 is 0 Å². The minimum Gasteiger partial charge on any atom is -0.379 e. The minimum atomic E-state index is -3.62. The van der Waals surface area contributed by atoms with Gasteiger partial charge in [-0.25, -0.2) is 8.42 Å². The van der Waals surface area contributed by atoms with E-state index in [4.69, 9.17) is 4.74 Å². The van der Waals surface area contributed by atoms with Crippen LogP contribution in [-0.4, -0.2) is 58.0 Å². The summed E-state index contributed by atoms with van der Waals surface area (Å²) in [5.74, 6) is -0.166. The smallest absolute Gasteiger partial charge is 0.243 e.